The monoisotopic (exact) mass is 319 g/mol. The first-order valence-electron chi connectivity index (χ1n) is 7.73. The molecule has 2 N–H and O–H groups in total. The van der Waals surface area contributed by atoms with Crippen molar-refractivity contribution < 1.29 is 4.42 Å². The van der Waals surface area contributed by atoms with Crippen LogP contribution in [0.25, 0.3) is 0 Å². The summed E-state index contributed by atoms with van der Waals surface area (Å²) in [5, 5.41) is 6.76. The highest BCUT2D eigenvalue weighted by Crippen LogP contribution is 2.15. The molecule has 2 rings (SSSR count). The van der Waals surface area contributed by atoms with Gasteiger partial charge in [-0.3, -0.25) is 0 Å². The second kappa shape index (κ2) is 8.63. The van der Waals surface area contributed by atoms with Crippen molar-refractivity contribution in [2.75, 3.05) is 13.1 Å². The van der Waals surface area contributed by atoms with E-state index in [2.05, 4.69) is 48.5 Å². The lowest BCUT2D eigenvalue weighted by Crippen LogP contribution is -2.40. The zero-order valence-corrected chi connectivity index (χ0v) is 14.4. The largest absolute Gasteiger partial charge is 0.469 e. The van der Waals surface area contributed by atoms with Crippen LogP contribution in [0.2, 0.25) is 0 Å². The molecule has 0 aliphatic rings. The normalized spacial score (nSPS) is 11.9. The summed E-state index contributed by atoms with van der Waals surface area (Å²) in [6, 6.07) is 8.20. The first kappa shape index (κ1) is 16.6. The molecule has 0 radical (unpaired) electrons. The maximum Gasteiger partial charge on any atom is 0.191 e. The summed E-state index contributed by atoms with van der Waals surface area (Å²) >= 11 is 1.80. The fourth-order valence-electron chi connectivity index (χ4n) is 1.96. The van der Waals surface area contributed by atoms with Crippen molar-refractivity contribution in [2.24, 2.45) is 10.9 Å². The van der Waals surface area contributed by atoms with Gasteiger partial charge in [-0.15, -0.1) is 11.3 Å². The molecular weight excluding hydrogens is 294 g/mol. The van der Waals surface area contributed by atoms with E-state index in [1.54, 1.807) is 17.6 Å². The molecule has 0 atom stereocenters. The second-order valence-electron chi connectivity index (χ2n) is 5.71. The number of aliphatic imine (C=N–C) groups is 1. The van der Waals surface area contributed by atoms with Crippen molar-refractivity contribution in [1.82, 2.24) is 10.6 Å². The van der Waals surface area contributed by atoms with Crippen molar-refractivity contribution in [3.63, 3.8) is 0 Å². The van der Waals surface area contributed by atoms with Crippen LogP contribution >= 0.6 is 11.3 Å². The molecule has 0 amide bonds. The van der Waals surface area contributed by atoms with E-state index >= 15 is 0 Å². The molecule has 2 aromatic rings. The van der Waals surface area contributed by atoms with Crippen LogP contribution in [0, 0.1) is 12.8 Å². The molecule has 0 aliphatic heterocycles. The Morgan fingerprint density at radius 3 is 2.77 bits per heavy atom. The average Bonchev–Trinajstić information content (AvgIpc) is 3.12. The minimum absolute atomic E-state index is 0.584. The number of hydrogen-bond acceptors (Lipinski definition) is 3. The second-order valence-corrected chi connectivity index (χ2v) is 7.08. The zero-order chi connectivity index (χ0) is 15.8. The molecule has 0 bridgehead atoms. The van der Waals surface area contributed by atoms with Crippen molar-refractivity contribution in [3.8, 4) is 0 Å². The highest BCUT2D eigenvalue weighted by Gasteiger charge is 2.02. The van der Waals surface area contributed by atoms with Gasteiger partial charge in [0, 0.05) is 29.3 Å². The molecule has 0 aliphatic carbocycles. The molecule has 2 heterocycles. The van der Waals surface area contributed by atoms with Crippen LogP contribution in [0.4, 0.5) is 0 Å². The van der Waals surface area contributed by atoms with Gasteiger partial charge in [-0.2, -0.15) is 0 Å². The number of thiophene rings is 1. The third kappa shape index (κ3) is 5.93. The Labute approximate surface area is 136 Å². The average molecular weight is 319 g/mol. The van der Waals surface area contributed by atoms with Crippen molar-refractivity contribution in [2.45, 2.75) is 33.7 Å². The number of hydrogen-bond donors (Lipinski definition) is 2. The number of nitrogens with zero attached hydrogens (tertiary/aromatic N) is 1. The van der Waals surface area contributed by atoms with E-state index in [0.29, 0.717) is 12.5 Å². The number of aryl methyl sites for hydroxylation is 1. The Hall–Kier alpha value is -1.75. The Kier molecular flexibility index (Phi) is 6.52. The number of guanidine groups is 1. The maximum atomic E-state index is 5.35. The molecular formula is C17H25N3OS. The molecule has 0 saturated heterocycles. The Morgan fingerprint density at radius 1 is 1.27 bits per heavy atom. The topological polar surface area (TPSA) is 49.6 Å². The number of rotatable bonds is 7. The van der Waals surface area contributed by atoms with Gasteiger partial charge in [-0.25, -0.2) is 4.99 Å². The van der Waals surface area contributed by atoms with Gasteiger partial charge < -0.3 is 15.1 Å². The molecule has 0 fully saturated rings. The molecule has 5 heteroatoms. The van der Waals surface area contributed by atoms with Gasteiger partial charge in [0.2, 0.25) is 0 Å². The van der Waals surface area contributed by atoms with Gasteiger partial charge in [-0.05, 0) is 37.1 Å². The van der Waals surface area contributed by atoms with E-state index in [1.165, 1.54) is 9.75 Å². The van der Waals surface area contributed by atoms with Crippen LogP contribution in [0.5, 0.6) is 0 Å². The van der Waals surface area contributed by atoms with Gasteiger partial charge in [0.1, 0.15) is 5.76 Å². The van der Waals surface area contributed by atoms with Crippen molar-refractivity contribution >= 4 is 17.3 Å². The van der Waals surface area contributed by atoms with Gasteiger partial charge in [0.15, 0.2) is 5.96 Å². The van der Waals surface area contributed by atoms with E-state index < -0.39 is 0 Å². The quantitative estimate of drug-likeness (QED) is 0.606. The lowest BCUT2D eigenvalue weighted by molar-refractivity contribution is 0.506. The standard InChI is InChI=1S/C17H25N3OS/c1-13(2)11-19-17(18-9-8-15-5-4-10-21-15)20-12-16-7-6-14(3)22-16/h4-7,10,13H,8-9,11-12H2,1-3H3,(H2,18,19,20). The molecule has 22 heavy (non-hydrogen) atoms. The van der Waals surface area contributed by atoms with Gasteiger partial charge in [0.05, 0.1) is 12.8 Å². The van der Waals surface area contributed by atoms with Gasteiger partial charge in [0.25, 0.3) is 0 Å². The smallest absolute Gasteiger partial charge is 0.191 e. The van der Waals surface area contributed by atoms with Crippen LogP contribution in [-0.4, -0.2) is 19.0 Å². The summed E-state index contributed by atoms with van der Waals surface area (Å²) in [6.45, 7) is 8.94. The van der Waals surface area contributed by atoms with Crippen molar-refractivity contribution in [1.29, 1.82) is 0 Å². The maximum absolute atomic E-state index is 5.35. The fraction of sp³-hybridized carbons (Fsp3) is 0.471. The van der Waals surface area contributed by atoms with Crippen LogP contribution in [0.15, 0.2) is 39.9 Å². The van der Waals surface area contributed by atoms with E-state index in [9.17, 15) is 0 Å². The molecule has 0 aromatic carbocycles. The third-order valence-corrected chi connectivity index (χ3v) is 4.10. The lowest BCUT2D eigenvalue weighted by atomic mass is 10.2. The molecule has 0 unspecified atom stereocenters. The van der Waals surface area contributed by atoms with Crippen LogP contribution in [0.1, 0.15) is 29.4 Å². The number of nitrogens with one attached hydrogen (secondary N) is 2. The summed E-state index contributed by atoms with van der Waals surface area (Å²) in [6.07, 6.45) is 2.56. The van der Waals surface area contributed by atoms with Crippen LogP contribution in [0.3, 0.4) is 0 Å². The number of furan rings is 1. The van der Waals surface area contributed by atoms with Crippen molar-refractivity contribution in [3.05, 3.63) is 46.0 Å². The minimum atomic E-state index is 0.584. The fourth-order valence-corrected chi connectivity index (χ4v) is 2.78. The Morgan fingerprint density at radius 2 is 2.14 bits per heavy atom. The summed E-state index contributed by atoms with van der Waals surface area (Å²) in [5.41, 5.74) is 0. The summed E-state index contributed by atoms with van der Waals surface area (Å²) < 4.78 is 5.35. The van der Waals surface area contributed by atoms with E-state index in [4.69, 9.17) is 4.42 Å². The van der Waals surface area contributed by atoms with Crippen LogP contribution < -0.4 is 10.6 Å². The molecule has 2 aromatic heterocycles. The Balaban J connectivity index is 1.86. The van der Waals surface area contributed by atoms with E-state index in [0.717, 1.165) is 31.2 Å². The lowest BCUT2D eigenvalue weighted by Gasteiger charge is -2.13. The molecule has 0 spiro atoms. The first-order valence-corrected chi connectivity index (χ1v) is 8.55. The summed E-state index contributed by atoms with van der Waals surface area (Å²) in [4.78, 5) is 7.29. The molecule has 4 nitrogen and oxygen atoms in total. The molecule has 120 valence electrons. The third-order valence-electron chi connectivity index (χ3n) is 3.11. The Bertz CT molecular complexity index is 573. The SMILES string of the molecule is Cc1ccc(CN=C(NCCc2ccco2)NCC(C)C)s1. The predicted octanol–water partition coefficient (Wildman–Crippen LogP) is 3.58. The highest BCUT2D eigenvalue weighted by molar-refractivity contribution is 7.11. The predicted molar refractivity (Wildman–Crippen MR) is 93.5 cm³/mol. The minimum Gasteiger partial charge on any atom is -0.469 e. The van der Waals surface area contributed by atoms with E-state index in [1.807, 2.05) is 12.1 Å². The molecule has 0 saturated carbocycles. The zero-order valence-electron chi connectivity index (χ0n) is 13.6. The summed E-state index contributed by atoms with van der Waals surface area (Å²) in [7, 11) is 0. The summed E-state index contributed by atoms with van der Waals surface area (Å²) in [5.74, 6) is 2.44. The van der Waals surface area contributed by atoms with Gasteiger partial charge >= 0.3 is 0 Å². The van der Waals surface area contributed by atoms with Gasteiger partial charge in [-0.1, -0.05) is 13.8 Å². The van der Waals surface area contributed by atoms with Crippen LogP contribution in [-0.2, 0) is 13.0 Å². The van der Waals surface area contributed by atoms with E-state index in [-0.39, 0.29) is 0 Å². The first-order chi connectivity index (χ1) is 10.6. The highest BCUT2D eigenvalue weighted by atomic mass is 32.1.